The minimum Gasteiger partial charge on any atom is -0.481 e. The normalized spacial score (nSPS) is 23.0. The molecule has 6 atom stereocenters. The molecule has 1 aliphatic rings. The second-order valence-corrected chi connectivity index (χ2v) is 25.8. The first-order valence-corrected chi connectivity index (χ1v) is 22.2. The van der Waals surface area contributed by atoms with E-state index >= 15 is 0 Å². The van der Waals surface area contributed by atoms with Crippen LogP contribution in [0.25, 0.3) is 0 Å². The molecule has 0 aliphatic heterocycles. The van der Waals surface area contributed by atoms with Crippen molar-refractivity contribution in [2.45, 2.75) is 143 Å². The number of carbonyl (C=O) groups is 2. The first-order valence-electron chi connectivity index (χ1n) is 15.6. The van der Waals surface area contributed by atoms with Crippen LogP contribution in [-0.2, 0) is 18.4 Å². The van der Waals surface area contributed by atoms with Gasteiger partial charge in [0.2, 0.25) is 0 Å². The molecule has 1 saturated carbocycles. The average molecular weight is 684 g/mol. The summed E-state index contributed by atoms with van der Waals surface area (Å²) in [6.07, 6.45) is 9.13. The molecule has 0 radical (unpaired) electrons. The molecule has 5 nitrogen and oxygen atoms in total. The predicted octanol–water partition coefficient (Wildman–Crippen LogP) is 9.75. The maximum Gasteiger partial charge on any atom is 0.306 e. The Kier molecular flexibility index (Phi) is 14.7. The summed E-state index contributed by atoms with van der Waals surface area (Å²) in [5.74, 6) is 5.25. The number of ketones is 1. The van der Waals surface area contributed by atoms with Gasteiger partial charge in [-0.3, -0.25) is 9.59 Å². The predicted molar refractivity (Wildman–Crippen MR) is 185 cm³/mol. The molecular weight excluding hydrogens is 624 g/mol. The Labute approximate surface area is 268 Å². The van der Waals surface area contributed by atoms with Crippen molar-refractivity contribution in [3.8, 4) is 11.8 Å². The standard InChI is InChI=1S/C34H59BrO5Si2/c1-14-15-17-24(2)30(39-41(10,11)33(4,5)6)21-20-27-28(22-26(35)19-16-18-25(3)32(37)38)29(36)23-31(27)40-42(12,13)34(7,8)9/h19-21,24-25,27-28,30-31H,16-18,22-23H2,1-13H3,(H,37,38)/b21-20+,26-19-/t24?,25?,27-,28-,30-,31-/m1/s1. The Morgan fingerprint density at radius 1 is 1.10 bits per heavy atom. The molecule has 8 heteroatoms. The molecule has 1 rings (SSSR count). The highest BCUT2D eigenvalue weighted by molar-refractivity contribution is 9.11. The zero-order valence-electron chi connectivity index (χ0n) is 28.7. The molecule has 0 aromatic carbocycles. The van der Waals surface area contributed by atoms with Crippen molar-refractivity contribution in [2.24, 2.45) is 23.7 Å². The van der Waals surface area contributed by atoms with Gasteiger partial charge in [-0.1, -0.05) is 89.5 Å². The second kappa shape index (κ2) is 15.8. The third kappa shape index (κ3) is 11.5. The van der Waals surface area contributed by atoms with Gasteiger partial charge in [0.15, 0.2) is 16.6 Å². The van der Waals surface area contributed by atoms with Crippen molar-refractivity contribution in [2.75, 3.05) is 0 Å². The number of halogens is 1. The van der Waals surface area contributed by atoms with Crippen LogP contribution < -0.4 is 0 Å². The monoisotopic (exact) mass is 682 g/mol. The number of carboxylic acid groups (broad SMARTS) is 1. The summed E-state index contributed by atoms with van der Waals surface area (Å²) < 4.78 is 14.8. The summed E-state index contributed by atoms with van der Waals surface area (Å²) >= 11 is 3.71. The lowest BCUT2D eigenvalue weighted by atomic mass is 9.89. The van der Waals surface area contributed by atoms with Gasteiger partial charge in [-0.15, -0.1) is 11.8 Å². The van der Waals surface area contributed by atoms with Gasteiger partial charge in [-0.05, 0) is 72.9 Å². The first kappa shape index (κ1) is 39.0. The summed E-state index contributed by atoms with van der Waals surface area (Å²) in [6.45, 7) is 28.3. The van der Waals surface area contributed by atoms with E-state index in [0.717, 1.165) is 10.9 Å². The van der Waals surface area contributed by atoms with Crippen LogP contribution in [0.2, 0.25) is 36.3 Å². The zero-order chi connectivity index (χ0) is 32.7. The number of Topliss-reactive ketones (excluding diaryl/α,β-unsaturated/α-hetero) is 1. The smallest absolute Gasteiger partial charge is 0.306 e. The maximum absolute atomic E-state index is 13.6. The van der Waals surface area contributed by atoms with E-state index in [1.165, 1.54) is 0 Å². The summed E-state index contributed by atoms with van der Waals surface area (Å²) in [5.41, 5.74) is 0. The van der Waals surface area contributed by atoms with E-state index in [1.54, 1.807) is 6.92 Å². The van der Waals surface area contributed by atoms with E-state index in [1.807, 2.05) is 13.0 Å². The van der Waals surface area contributed by atoms with E-state index < -0.39 is 28.5 Å². The summed E-state index contributed by atoms with van der Waals surface area (Å²) in [7, 11) is -4.19. The lowest BCUT2D eigenvalue weighted by Gasteiger charge is -2.40. The highest BCUT2D eigenvalue weighted by Gasteiger charge is 2.47. The highest BCUT2D eigenvalue weighted by atomic mass is 79.9. The van der Waals surface area contributed by atoms with Crippen LogP contribution in [0.15, 0.2) is 22.7 Å². The van der Waals surface area contributed by atoms with Gasteiger partial charge < -0.3 is 14.0 Å². The molecule has 0 aromatic heterocycles. The van der Waals surface area contributed by atoms with Gasteiger partial charge >= 0.3 is 5.97 Å². The number of rotatable bonds is 14. The van der Waals surface area contributed by atoms with E-state index in [2.05, 4.69) is 115 Å². The van der Waals surface area contributed by atoms with Gasteiger partial charge in [0.25, 0.3) is 0 Å². The van der Waals surface area contributed by atoms with Gasteiger partial charge in [0.1, 0.15) is 5.78 Å². The Bertz CT molecular complexity index is 1040. The lowest BCUT2D eigenvalue weighted by Crippen LogP contribution is -2.45. The lowest BCUT2D eigenvalue weighted by molar-refractivity contribution is -0.141. The topological polar surface area (TPSA) is 72.8 Å². The molecular formula is C34H59BrO5Si2. The van der Waals surface area contributed by atoms with Crippen LogP contribution in [0.5, 0.6) is 0 Å². The molecule has 1 aliphatic carbocycles. The second-order valence-electron chi connectivity index (χ2n) is 15.3. The van der Waals surface area contributed by atoms with Crippen molar-refractivity contribution in [3.63, 3.8) is 0 Å². The van der Waals surface area contributed by atoms with Gasteiger partial charge in [-0.2, -0.15) is 0 Å². The molecule has 1 N–H and O–H groups in total. The SMILES string of the molecule is CC#CCC(C)[C@@H](/C=C/[C@H]1[C@H](O[Si](C)(C)C(C)(C)C)CC(=O)[C@@H]1C/C(Br)=C/CCC(C)C(=O)O)O[Si](C)(C)C(C)(C)C. The Hall–Kier alpha value is -0.986. The minimum atomic E-state index is -2.12. The fourth-order valence-electron chi connectivity index (χ4n) is 4.53. The van der Waals surface area contributed by atoms with Crippen molar-refractivity contribution in [1.29, 1.82) is 0 Å². The maximum atomic E-state index is 13.6. The van der Waals surface area contributed by atoms with Crippen molar-refractivity contribution >= 4 is 44.3 Å². The number of aliphatic carboxylic acids is 1. The summed E-state index contributed by atoms with van der Waals surface area (Å²) in [5, 5.41) is 9.33. The molecule has 0 spiro atoms. The van der Waals surface area contributed by atoms with Crippen LogP contribution >= 0.6 is 15.9 Å². The highest BCUT2D eigenvalue weighted by Crippen LogP contribution is 2.44. The van der Waals surface area contributed by atoms with Gasteiger partial charge in [0, 0.05) is 24.7 Å². The molecule has 0 amide bonds. The molecule has 1 fully saturated rings. The number of allylic oxidation sites excluding steroid dienone is 2. The first-order chi connectivity index (χ1) is 19.0. The number of carbonyl (C=O) groups excluding carboxylic acids is 1. The van der Waals surface area contributed by atoms with Crippen molar-refractivity contribution in [3.05, 3.63) is 22.7 Å². The van der Waals surface area contributed by atoms with E-state index in [4.69, 9.17) is 8.85 Å². The van der Waals surface area contributed by atoms with Crippen molar-refractivity contribution in [1.82, 2.24) is 0 Å². The third-order valence-corrected chi connectivity index (χ3v) is 19.3. The largest absolute Gasteiger partial charge is 0.481 e. The van der Waals surface area contributed by atoms with Crippen LogP contribution in [-0.4, -0.2) is 45.7 Å². The van der Waals surface area contributed by atoms with E-state index in [9.17, 15) is 14.7 Å². The fourth-order valence-corrected chi connectivity index (χ4v) is 7.80. The van der Waals surface area contributed by atoms with Gasteiger partial charge in [-0.25, -0.2) is 0 Å². The summed E-state index contributed by atoms with van der Waals surface area (Å²) in [4.78, 5) is 24.8. The number of hydrogen-bond donors (Lipinski definition) is 1. The molecule has 0 bridgehead atoms. The summed E-state index contributed by atoms with van der Waals surface area (Å²) in [6, 6.07) is 0. The van der Waals surface area contributed by atoms with Crippen LogP contribution in [0.3, 0.4) is 0 Å². The molecule has 0 aromatic rings. The average Bonchev–Trinajstić information content (AvgIpc) is 3.11. The van der Waals surface area contributed by atoms with Crippen LogP contribution in [0, 0.1) is 35.5 Å². The molecule has 42 heavy (non-hydrogen) atoms. The van der Waals surface area contributed by atoms with Gasteiger partial charge in [0.05, 0.1) is 18.1 Å². The fraction of sp³-hybridized carbons (Fsp3) is 0.765. The van der Waals surface area contributed by atoms with E-state index in [0.29, 0.717) is 25.7 Å². The Morgan fingerprint density at radius 3 is 2.17 bits per heavy atom. The molecule has 0 heterocycles. The van der Waals surface area contributed by atoms with Crippen LogP contribution in [0.1, 0.15) is 94.4 Å². The quantitative estimate of drug-likeness (QED) is 0.112. The number of hydrogen-bond acceptors (Lipinski definition) is 4. The molecule has 240 valence electrons. The van der Waals surface area contributed by atoms with Crippen molar-refractivity contribution < 1.29 is 23.5 Å². The Balaban J connectivity index is 3.44. The third-order valence-electron chi connectivity index (χ3n) is 9.69. The Morgan fingerprint density at radius 2 is 1.67 bits per heavy atom. The zero-order valence-corrected chi connectivity index (χ0v) is 32.3. The van der Waals surface area contributed by atoms with E-state index in [-0.39, 0.29) is 45.8 Å². The minimum absolute atomic E-state index is 0.0328. The number of carboxylic acids is 1. The van der Waals surface area contributed by atoms with Crippen LogP contribution in [0.4, 0.5) is 0 Å². The molecule has 2 unspecified atom stereocenters. The molecule has 0 saturated heterocycles.